The zero-order valence-corrected chi connectivity index (χ0v) is 11.1. The number of nitrogens with zero attached hydrogens (tertiary/aromatic N) is 2. The molecule has 0 radical (unpaired) electrons. The third kappa shape index (κ3) is 2.45. The summed E-state index contributed by atoms with van der Waals surface area (Å²) in [5.41, 5.74) is 1.59. The van der Waals surface area contributed by atoms with E-state index < -0.39 is 0 Å². The zero-order valence-electron chi connectivity index (χ0n) is 9.54. The van der Waals surface area contributed by atoms with E-state index in [1.165, 1.54) is 6.33 Å². The van der Waals surface area contributed by atoms with Gasteiger partial charge in [0.1, 0.15) is 17.2 Å². The van der Waals surface area contributed by atoms with Crippen LogP contribution < -0.4 is 0 Å². The topological polar surface area (TPSA) is 56.0 Å². The Morgan fingerprint density at radius 3 is 2.74 bits per heavy atom. The van der Waals surface area contributed by atoms with Gasteiger partial charge in [0.2, 0.25) is 0 Å². The lowest BCUT2D eigenvalue weighted by Crippen LogP contribution is -1.84. The first kappa shape index (κ1) is 13.5. The van der Waals surface area contributed by atoms with Gasteiger partial charge in [0, 0.05) is 10.9 Å². The minimum absolute atomic E-state index is 0. The first-order chi connectivity index (χ1) is 8.78. The number of aromatic nitrogens is 2. The van der Waals surface area contributed by atoms with Crippen molar-refractivity contribution in [1.29, 1.82) is 0 Å². The summed E-state index contributed by atoms with van der Waals surface area (Å²) in [5, 5.41) is 1.14. The molecule has 0 amide bonds. The molecule has 3 aromatic rings. The minimum atomic E-state index is 0. The third-order valence-corrected chi connectivity index (χ3v) is 2.92. The van der Waals surface area contributed by atoms with E-state index in [1.54, 1.807) is 12.1 Å². The van der Waals surface area contributed by atoms with Crippen LogP contribution in [0.3, 0.4) is 0 Å². The standard InChI is InChI=1S/C13H7ClN2O2.ClH/c14-13-10-5-8(1-3-11(10)15-7-16-13)12-4-2-9(6-17)18-12;/h1-7H;1H. The minimum Gasteiger partial charge on any atom is -0.453 e. The van der Waals surface area contributed by atoms with E-state index in [4.69, 9.17) is 16.0 Å². The summed E-state index contributed by atoms with van der Waals surface area (Å²) in [5.74, 6) is 0.902. The number of hydrogen-bond acceptors (Lipinski definition) is 4. The monoisotopic (exact) mass is 294 g/mol. The van der Waals surface area contributed by atoms with E-state index in [0.29, 0.717) is 23.0 Å². The van der Waals surface area contributed by atoms with Crippen LogP contribution >= 0.6 is 24.0 Å². The summed E-state index contributed by atoms with van der Waals surface area (Å²) in [4.78, 5) is 18.6. The number of carbonyl (C=O) groups excluding carboxylic acids is 1. The molecular formula is C13H8Cl2N2O2. The molecule has 0 aliphatic carbocycles. The molecule has 0 saturated carbocycles. The largest absolute Gasteiger partial charge is 0.453 e. The van der Waals surface area contributed by atoms with Crippen LogP contribution in [0.4, 0.5) is 0 Å². The van der Waals surface area contributed by atoms with E-state index in [1.807, 2.05) is 18.2 Å². The molecule has 0 aliphatic heterocycles. The predicted molar refractivity (Wildman–Crippen MR) is 74.9 cm³/mol. The number of hydrogen-bond donors (Lipinski definition) is 0. The van der Waals surface area contributed by atoms with Gasteiger partial charge >= 0.3 is 0 Å². The Hall–Kier alpha value is -1.91. The van der Waals surface area contributed by atoms with Crippen LogP contribution in [-0.2, 0) is 0 Å². The molecule has 3 rings (SSSR count). The third-order valence-electron chi connectivity index (χ3n) is 2.61. The number of aldehydes is 1. The summed E-state index contributed by atoms with van der Waals surface area (Å²) in [6.45, 7) is 0. The second-order valence-electron chi connectivity index (χ2n) is 3.72. The maximum atomic E-state index is 10.6. The number of halogens is 2. The Labute approximate surface area is 119 Å². The fraction of sp³-hybridized carbons (Fsp3) is 0. The van der Waals surface area contributed by atoms with E-state index in [9.17, 15) is 4.79 Å². The summed E-state index contributed by atoms with van der Waals surface area (Å²) >= 11 is 6.01. The average Bonchev–Trinajstić information content (AvgIpc) is 2.88. The molecule has 4 nitrogen and oxygen atoms in total. The van der Waals surface area contributed by atoms with Crippen LogP contribution in [0, 0.1) is 0 Å². The number of carbonyl (C=O) groups is 1. The van der Waals surface area contributed by atoms with Gasteiger partial charge in [-0.3, -0.25) is 4.79 Å². The second-order valence-corrected chi connectivity index (χ2v) is 4.07. The molecule has 0 fully saturated rings. The fourth-order valence-corrected chi connectivity index (χ4v) is 1.94. The first-order valence-electron chi connectivity index (χ1n) is 5.23. The molecule has 2 aromatic heterocycles. The number of rotatable bonds is 2. The highest BCUT2D eigenvalue weighted by Crippen LogP contribution is 2.27. The lowest BCUT2D eigenvalue weighted by Gasteiger charge is -2.01. The average molecular weight is 295 g/mol. The van der Waals surface area contributed by atoms with Gasteiger partial charge in [-0.1, -0.05) is 11.6 Å². The normalized spacial score (nSPS) is 10.2. The van der Waals surface area contributed by atoms with Crippen LogP contribution in [0.25, 0.3) is 22.2 Å². The quantitative estimate of drug-likeness (QED) is 0.533. The first-order valence-corrected chi connectivity index (χ1v) is 5.61. The van der Waals surface area contributed by atoms with E-state index in [2.05, 4.69) is 9.97 Å². The Kier molecular flexibility index (Phi) is 3.83. The highest BCUT2D eigenvalue weighted by Gasteiger charge is 2.07. The maximum absolute atomic E-state index is 10.6. The van der Waals surface area contributed by atoms with Gasteiger partial charge in [0.25, 0.3) is 0 Å². The number of furan rings is 1. The van der Waals surface area contributed by atoms with Crippen molar-refractivity contribution in [3.05, 3.63) is 47.6 Å². The van der Waals surface area contributed by atoms with Crippen molar-refractivity contribution in [1.82, 2.24) is 9.97 Å². The Morgan fingerprint density at radius 2 is 2.00 bits per heavy atom. The number of benzene rings is 1. The van der Waals surface area contributed by atoms with E-state index >= 15 is 0 Å². The van der Waals surface area contributed by atoms with Crippen molar-refractivity contribution in [2.45, 2.75) is 0 Å². The molecule has 19 heavy (non-hydrogen) atoms. The summed E-state index contributed by atoms with van der Waals surface area (Å²) in [7, 11) is 0. The summed E-state index contributed by atoms with van der Waals surface area (Å²) < 4.78 is 5.36. The van der Waals surface area contributed by atoms with Crippen molar-refractivity contribution in [2.75, 3.05) is 0 Å². The molecule has 0 N–H and O–H groups in total. The molecule has 96 valence electrons. The molecule has 0 spiro atoms. The lowest BCUT2D eigenvalue weighted by molar-refractivity contribution is 0.110. The highest BCUT2D eigenvalue weighted by atomic mass is 35.5. The van der Waals surface area contributed by atoms with Gasteiger partial charge in [0.15, 0.2) is 12.0 Å². The fourth-order valence-electron chi connectivity index (χ4n) is 1.75. The second kappa shape index (κ2) is 5.38. The lowest BCUT2D eigenvalue weighted by atomic mass is 10.1. The van der Waals surface area contributed by atoms with Crippen molar-refractivity contribution >= 4 is 41.2 Å². The van der Waals surface area contributed by atoms with Crippen LogP contribution in [0.1, 0.15) is 10.6 Å². The van der Waals surface area contributed by atoms with Gasteiger partial charge < -0.3 is 4.42 Å². The molecule has 1 aromatic carbocycles. The van der Waals surface area contributed by atoms with Crippen molar-refractivity contribution < 1.29 is 9.21 Å². The molecule has 0 atom stereocenters. The van der Waals surface area contributed by atoms with E-state index in [0.717, 1.165) is 16.5 Å². The molecular weight excluding hydrogens is 287 g/mol. The summed E-state index contributed by atoms with van der Waals surface area (Å²) in [6.07, 6.45) is 2.09. The Balaban J connectivity index is 0.00000133. The predicted octanol–water partition coefficient (Wildman–Crippen LogP) is 3.78. The summed E-state index contributed by atoms with van der Waals surface area (Å²) in [6, 6.07) is 8.89. The van der Waals surface area contributed by atoms with Crippen molar-refractivity contribution in [3.8, 4) is 11.3 Å². The number of fused-ring (bicyclic) bond motifs is 1. The van der Waals surface area contributed by atoms with Gasteiger partial charge in [-0.25, -0.2) is 9.97 Å². The maximum Gasteiger partial charge on any atom is 0.185 e. The van der Waals surface area contributed by atoms with Gasteiger partial charge in [-0.2, -0.15) is 0 Å². The molecule has 2 heterocycles. The molecule has 0 saturated heterocycles. The van der Waals surface area contributed by atoms with Gasteiger partial charge in [-0.15, -0.1) is 12.4 Å². The Morgan fingerprint density at radius 1 is 1.16 bits per heavy atom. The zero-order chi connectivity index (χ0) is 12.5. The van der Waals surface area contributed by atoms with Crippen LogP contribution in [0.15, 0.2) is 41.1 Å². The van der Waals surface area contributed by atoms with Gasteiger partial charge in [-0.05, 0) is 30.3 Å². The van der Waals surface area contributed by atoms with E-state index in [-0.39, 0.29) is 12.4 Å². The molecule has 0 aliphatic rings. The molecule has 0 bridgehead atoms. The molecule has 0 unspecified atom stereocenters. The van der Waals surface area contributed by atoms with Crippen molar-refractivity contribution in [2.24, 2.45) is 0 Å². The molecule has 6 heteroatoms. The van der Waals surface area contributed by atoms with Crippen LogP contribution in [0.2, 0.25) is 5.15 Å². The SMILES string of the molecule is Cl.O=Cc1ccc(-c2ccc3ncnc(Cl)c3c2)o1. The highest BCUT2D eigenvalue weighted by molar-refractivity contribution is 6.34. The Bertz CT molecular complexity index is 740. The van der Waals surface area contributed by atoms with Gasteiger partial charge in [0.05, 0.1) is 5.52 Å². The van der Waals surface area contributed by atoms with Crippen molar-refractivity contribution in [3.63, 3.8) is 0 Å². The smallest absolute Gasteiger partial charge is 0.185 e. The van der Waals surface area contributed by atoms with Crippen LogP contribution in [0.5, 0.6) is 0 Å². The van der Waals surface area contributed by atoms with Crippen LogP contribution in [-0.4, -0.2) is 16.3 Å².